The van der Waals surface area contributed by atoms with Crippen LogP contribution in [0.2, 0.25) is 0 Å². The summed E-state index contributed by atoms with van der Waals surface area (Å²) in [6.45, 7) is 3.94. The number of rotatable bonds is 9. The Labute approximate surface area is 177 Å². The van der Waals surface area contributed by atoms with Crippen molar-refractivity contribution < 1.29 is 28.3 Å². The van der Waals surface area contributed by atoms with Gasteiger partial charge >= 0.3 is 5.97 Å². The van der Waals surface area contributed by atoms with E-state index in [1.54, 1.807) is 12.1 Å². The number of nitrogens with zero attached hydrogens (tertiary/aromatic N) is 1. The molecule has 0 saturated heterocycles. The lowest BCUT2D eigenvalue weighted by atomic mass is 10.2. The number of carbonyl (C=O) groups is 2. The number of aryl methyl sites for hydroxylation is 2. The van der Waals surface area contributed by atoms with Crippen LogP contribution in [0.25, 0.3) is 0 Å². The number of benzene rings is 1. The van der Waals surface area contributed by atoms with Crippen LogP contribution in [0.15, 0.2) is 40.2 Å². The van der Waals surface area contributed by atoms with E-state index in [0.717, 1.165) is 16.1 Å². The van der Waals surface area contributed by atoms with E-state index in [2.05, 4.69) is 10.5 Å². The van der Waals surface area contributed by atoms with E-state index in [-0.39, 0.29) is 24.7 Å². The summed E-state index contributed by atoms with van der Waals surface area (Å²) in [7, 11) is 1.48. The zero-order valence-corrected chi connectivity index (χ0v) is 17.7. The normalized spacial score (nSPS) is 10.5. The molecular formula is C21H22N2O6S. The van der Waals surface area contributed by atoms with Crippen molar-refractivity contribution in [2.24, 2.45) is 0 Å². The number of methoxy groups -OCH3 is 1. The average Bonchev–Trinajstić information content (AvgIpc) is 3.38. The van der Waals surface area contributed by atoms with Gasteiger partial charge in [-0.2, -0.15) is 0 Å². The second-order valence-electron chi connectivity index (χ2n) is 6.39. The van der Waals surface area contributed by atoms with E-state index in [1.165, 1.54) is 24.5 Å². The molecular weight excluding hydrogens is 408 g/mol. The standard InChI is InChI=1S/C21H22N2O6S/c1-13-17(14(2)29-23-13)11-27-18-7-6-15(9-19(18)26-3)21(25)28-12-20(24)22-10-16-5-4-8-30-16/h4-9H,10-12H2,1-3H3,(H,22,24). The molecule has 1 amide bonds. The number of hydrogen-bond acceptors (Lipinski definition) is 8. The van der Waals surface area contributed by atoms with Crippen LogP contribution in [0.3, 0.4) is 0 Å². The third-order valence-electron chi connectivity index (χ3n) is 4.33. The van der Waals surface area contributed by atoms with E-state index in [9.17, 15) is 9.59 Å². The summed E-state index contributed by atoms with van der Waals surface area (Å²) in [5.41, 5.74) is 1.86. The van der Waals surface area contributed by atoms with Gasteiger partial charge in [-0.15, -0.1) is 11.3 Å². The Bertz CT molecular complexity index is 993. The molecule has 0 aliphatic carbocycles. The Balaban J connectivity index is 1.55. The number of aromatic nitrogens is 1. The quantitative estimate of drug-likeness (QED) is 0.519. The third kappa shape index (κ3) is 5.38. The fourth-order valence-corrected chi connectivity index (χ4v) is 3.28. The molecule has 0 aliphatic rings. The maximum atomic E-state index is 12.3. The molecule has 0 fully saturated rings. The van der Waals surface area contributed by atoms with Crippen LogP contribution in [0.5, 0.6) is 11.5 Å². The third-order valence-corrected chi connectivity index (χ3v) is 5.20. The SMILES string of the molecule is COc1cc(C(=O)OCC(=O)NCc2cccs2)ccc1OCc1c(C)noc1C. The van der Waals surface area contributed by atoms with Crippen molar-refractivity contribution in [1.82, 2.24) is 10.5 Å². The molecule has 3 rings (SSSR count). The lowest BCUT2D eigenvalue weighted by Crippen LogP contribution is -2.28. The average molecular weight is 430 g/mol. The van der Waals surface area contributed by atoms with Crippen molar-refractivity contribution in [2.75, 3.05) is 13.7 Å². The van der Waals surface area contributed by atoms with Crippen LogP contribution >= 0.6 is 11.3 Å². The van der Waals surface area contributed by atoms with E-state index >= 15 is 0 Å². The summed E-state index contributed by atoms with van der Waals surface area (Å²) < 4.78 is 21.3. The predicted octanol–water partition coefficient (Wildman–Crippen LogP) is 3.41. The Hall–Kier alpha value is -3.33. The second kappa shape index (κ2) is 9.93. The number of thiophene rings is 1. The summed E-state index contributed by atoms with van der Waals surface area (Å²) in [4.78, 5) is 25.2. The molecule has 1 N–H and O–H groups in total. The van der Waals surface area contributed by atoms with Gasteiger partial charge in [0.1, 0.15) is 12.4 Å². The van der Waals surface area contributed by atoms with E-state index in [1.807, 2.05) is 31.4 Å². The molecule has 0 unspecified atom stereocenters. The van der Waals surface area contributed by atoms with Crippen molar-refractivity contribution in [3.05, 3.63) is 63.2 Å². The molecule has 3 aromatic rings. The highest BCUT2D eigenvalue weighted by Crippen LogP contribution is 2.29. The van der Waals surface area contributed by atoms with Crippen molar-refractivity contribution in [1.29, 1.82) is 0 Å². The summed E-state index contributed by atoms with van der Waals surface area (Å²) in [5, 5.41) is 8.52. The van der Waals surface area contributed by atoms with Crippen molar-refractivity contribution in [2.45, 2.75) is 27.0 Å². The predicted molar refractivity (Wildman–Crippen MR) is 110 cm³/mol. The first kappa shape index (κ1) is 21.4. The molecule has 0 spiro atoms. The highest BCUT2D eigenvalue weighted by Gasteiger charge is 2.16. The highest BCUT2D eigenvalue weighted by atomic mass is 32.1. The Morgan fingerprint density at radius 2 is 2.03 bits per heavy atom. The Morgan fingerprint density at radius 1 is 1.20 bits per heavy atom. The zero-order chi connectivity index (χ0) is 21.5. The van der Waals surface area contributed by atoms with E-state index in [4.69, 9.17) is 18.7 Å². The summed E-state index contributed by atoms with van der Waals surface area (Å²) in [6, 6.07) is 8.50. The number of carbonyl (C=O) groups excluding carboxylic acids is 2. The number of nitrogens with one attached hydrogen (secondary N) is 1. The molecule has 2 heterocycles. The van der Waals surface area contributed by atoms with Gasteiger partial charge in [-0.1, -0.05) is 11.2 Å². The molecule has 158 valence electrons. The highest BCUT2D eigenvalue weighted by molar-refractivity contribution is 7.09. The van der Waals surface area contributed by atoms with E-state index in [0.29, 0.717) is 23.8 Å². The Morgan fingerprint density at radius 3 is 2.70 bits per heavy atom. The minimum atomic E-state index is -0.628. The molecule has 0 atom stereocenters. The van der Waals surface area contributed by atoms with Gasteiger partial charge in [0.25, 0.3) is 5.91 Å². The van der Waals surface area contributed by atoms with Crippen LogP contribution in [0.1, 0.15) is 32.3 Å². The van der Waals surface area contributed by atoms with Crippen LogP contribution in [0.4, 0.5) is 0 Å². The summed E-state index contributed by atoms with van der Waals surface area (Å²) in [5.74, 6) is 0.519. The molecule has 0 radical (unpaired) electrons. The van der Waals surface area contributed by atoms with Gasteiger partial charge in [0.2, 0.25) is 0 Å². The monoisotopic (exact) mass is 430 g/mol. The number of esters is 1. The zero-order valence-electron chi connectivity index (χ0n) is 16.9. The van der Waals surface area contributed by atoms with Gasteiger partial charge in [0.15, 0.2) is 18.1 Å². The first-order valence-electron chi connectivity index (χ1n) is 9.16. The van der Waals surface area contributed by atoms with Crippen LogP contribution in [-0.4, -0.2) is 30.7 Å². The number of ether oxygens (including phenoxy) is 3. The maximum Gasteiger partial charge on any atom is 0.338 e. The Kier molecular flexibility index (Phi) is 7.08. The molecule has 9 heteroatoms. The molecule has 1 aromatic carbocycles. The van der Waals surface area contributed by atoms with Gasteiger partial charge in [-0.05, 0) is 43.5 Å². The van der Waals surface area contributed by atoms with Gasteiger partial charge < -0.3 is 24.1 Å². The first-order valence-corrected chi connectivity index (χ1v) is 10.0. The minimum Gasteiger partial charge on any atom is -0.493 e. The number of hydrogen-bond donors (Lipinski definition) is 1. The van der Waals surface area contributed by atoms with Crippen molar-refractivity contribution in [3.8, 4) is 11.5 Å². The van der Waals surface area contributed by atoms with Crippen molar-refractivity contribution in [3.63, 3.8) is 0 Å². The number of amides is 1. The fraction of sp³-hybridized carbons (Fsp3) is 0.286. The second-order valence-corrected chi connectivity index (χ2v) is 7.42. The molecule has 8 nitrogen and oxygen atoms in total. The lowest BCUT2D eigenvalue weighted by molar-refractivity contribution is -0.124. The van der Waals surface area contributed by atoms with Crippen LogP contribution in [0, 0.1) is 13.8 Å². The minimum absolute atomic E-state index is 0.252. The molecule has 0 saturated carbocycles. The molecule has 2 aromatic heterocycles. The van der Waals surface area contributed by atoms with Crippen LogP contribution < -0.4 is 14.8 Å². The van der Waals surface area contributed by atoms with Crippen molar-refractivity contribution >= 4 is 23.2 Å². The van der Waals surface area contributed by atoms with Crippen LogP contribution in [-0.2, 0) is 22.7 Å². The van der Waals surface area contributed by atoms with Gasteiger partial charge in [-0.25, -0.2) is 4.79 Å². The smallest absolute Gasteiger partial charge is 0.338 e. The summed E-state index contributed by atoms with van der Waals surface area (Å²) >= 11 is 1.54. The topological polar surface area (TPSA) is 99.9 Å². The lowest BCUT2D eigenvalue weighted by Gasteiger charge is -2.12. The molecule has 0 bridgehead atoms. The summed E-state index contributed by atoms with van der Waals surface area (Å²) in [6.07, 6.45) is 0. The first-order chi connectivity index (χ1) is 14.5. The van der Waals surface area contributed by atoms with Gasteiger partial charge in [0.05, 0.1) is 30.5 Å². The van der Waals surface area contributed by atoms with E-state index < -0.39 is 5.97 Å². The molecule has 0 aliphatic heterocycles. The van der Waals surface area contributed by atoms with Gasteiger partial charge in [-0.3, -0.25) is 4.79 Å². The fourth-order valence-electron chi connectivity index (χ4n) is 2.64. The maximum absolute atomic E-state index is 12.3. The largest absolute Gasteiger partial charge is 0.493 e. The molecule has 30 heavy (non-hydrogen) atoms. The van der Waals surface area contributed by atoms with Gasteiger partial charge in [0, 0.05) is 4.88 Å².